The maximum Gasteiger partial charge on any atom is 0.305 e. The predicted molar refractivity (Wildman–Crippen MR) is 71.9 cm³/mol. The fourth-order valence-corrected chi connectivity index (χ4v) is 2.63. The molecule has 2 heterocycles. The first-order valence-corrected chi connectivity index (χ1v) is 7.17. The third-order valence-electron chi connectivity index (χ3n) is 2.24. The number of methoxy groups -OCH3 is 1. The number of hydrogen-bond donors (Lipinski definition) is 1. The molecule has 0 saturated heterocycles. The monoisotopic (exact) mass is 283 g/mol. The van der Waals surface area contributed by atoms with Crippen molar-refractivity contribution in [2.24, 2.45) is 0 Å². The third-order valence-corrected chi connectivity index (χ3v) is 3.87. The normalized spacial score (nSPS) is 10.3. The summed E-state index contributed by atoms with van der Waals surface area (Å²) in [5.74, 6) is -0.208. The Balaban J connectivity index is 1.80. The fraction of sp³-hybridized carbons (Fsp3) is 0.364. The number of ether oxygens (including phenoxy) is 1. The summed E-state index contributed by atoms with van der Waals surface area (Å²) in [7, 11) is 1.39. The molecule has 0 spiro atoms. The highest BCUT2D eigenvalue weighted by atomic mass is 32.1. The van der Waals surface area contributed by atoms with Crippen molar-refractivity contribution in [2.75, 3.05) is 12.4 Å². The van der Waals surface area contributed by atoms with E-state index in [2.05, 4.69) is 20.0 Å². The molecular formula is C11H13N3O2S2. The molecule has 0 saturated carbocycles. The summed E-state index contributed by atoms with van der Waals surface area (Å²) in [4.78, 5) is 19.6. The molecule has 0 aliphatic carbocycles. The zero-order valence-electron chi connectivity index (χ0n) is 9.88. The van der Waals surface area contributed by atoms with Crippen LogP contribution in [-0.4, -0.2) is 23.0 Å². The van der Waals surface area contributed by atoms with Crippen molar-refractivity contribution in [3.63, 3.8) is 0 Å². The summed E-state index contributed by atoms with van der Waals surface area (Å²) in [6.07, 6.45) is 2.76. The summed E-state index contributed by atoms with van der Waals surface area (Å²) < 4.78 is 4.59. The van der Waals surface area contributed by atoms with Crippen LogP contribution in [0.3, 0.4) is 0 Å². The molecule has 0 unspecified atom stereocenters. The molecule has 5 nitrogen and oxygen atoms in total. The van der Waals surface area contributed by atoms with Crippen LogP contribution in [0.4, 0.5) is 5.13 Å². The van der Waals surface area contributed by atoms with Crippen molar-refractivity contribution < 1.29 is 9.53 Å². The van der Waals surface area contributed by atoms with E-state index in [1.807, 2.05) is 10.8 Å². The minimum atomic E-state index is -0.208. The quantitative estimate of drug-likeness (QED) is 0.824. The van der Waals surface area contributed by atoms with Crippen molar-refractivity contribution >= 4 is 33.8 Å². The lowest BCUT2D eigenvalue weighted by atomic mass is 10.2. The summed E-state index contributed by atoms with van der Waals surface area (Å²) in [6.45, 7) is 0.682. The lowest BCUT2D eigenvalue weighted by Gasteiger charge is -1.98. The van der Waals surface area contributed by atoms with E-state index >= 15 is 0 Å². The van der Waals surface area contributed by atoms with Gasteiger partial charge in [0.05, 0.1) is 25.8 Å². The SMILES string of the molecule is COC(=O)CCc1csc(NCc2nccs2)n1. The molecule has 18 heavy (non-hydrogen) atoms. The zero-order chi connectivity index (χ0) is 12.8. The van der Waals surface area contributed by atoms with E-state index in [1.165, 1.54) is 18.4 Å². The van der Waals surface area contributed by atoms with E-state index in [1.54, 1.807) is 17.5 Å². The lowest BCUT2D eigenvalue weighted by molar-refractivity contribution is -0.140. The first-order valence-electron chi connectivity index (χ1n) is 5.41. The van der Waals surface area contributed by atoms with Gasteiger partial charge in [0.15, 0.2) is 5.13 Å². The zero-order valence-corrected chi connectivity index (χ0v) is 11.5. The second kappa shape index (κ2) is 6.46. The van der Waals surface area contributed by atoms with Crippen LogP contribution in [-0.2, 0) is 22.5 Å². The Morgan fingerprint density at radius 3 is 3.11 bits per heavy atom. The smallest absolute Gasteiger partial charge is 0.305 e. The minimum Gasteiger partial charge on any atom is -0.469 e. The number of carbonyl (C=O) groups excluding carboxylic acids is 1. The highest BCUT2D eigenvalue weighted by Gasteiger charge is 2.06. The minimum absolute atomic E-state index is 0.208. The lowest BCUT2D eigenvalue weighted by Crippen LogP contribution is -2.02. The Morgan fingerprint density at radius 2 is 2.39 bits per heavy atom. The van der Waals surface area contributed by atoms with Crippen molar-refractivity contribution in [3.05, 3.63) is 27.7 Å². The second-order valence-electron chi connectivity index (χ2n) is 3.50. The highest BCUT2D eigenvalue weighted by Crippen LogP contribution is 2.18. The standard InChI is InChI=1S/C11H13N3O2S2/c1-16-10(15)3-2-8-7-18-11(14-8)13-6-9-12-4-5-17-9/h4-5,7H,2-3,6H2,1H3,(H,13,14). The maximum atomic E-state index is 11.0. The van der Waals surface area contributed by atoms with Gasteiger partial charge in [-0.3, -0.25) is 4.79 Å². The number of thiazole rings is 2. The highest BCUT2D eigenvalue weighted by molar-refractivity contribution is 7.13. The van der Waals surface area contributed by atoms with Gasteiger partial charge in [0.1, 0.15) is 5.01 Å². The van der Waals surface area contributed by atoms with E-state index in [0.29, 0.717) is 19.4 Å². The molecule has 0 fully saturated rings. The number of rotatable bonds is 6. The average Bonchev–Trinajstić information content (AvgIpc) is 3.04. The van der Waals surface area contributed by atoms with E-state index in [4.69, 9.17) is 0 Å². The van der Waals surface area contributed by atoms with Gasteiger partial charge >= 0.3 is 5.97 Å². The fourth-order valence-electron chi connectivity index (χ4n) is 1.33. The van der Waals surface area contributed by atoms with Crippen LogP contribution in [0.15, 0.2) is 17.0 Å². The molecule has 0 atom stereocenters. The number of aromatic nitrogens is 2. The van der Waals surface area contributed by atoms with E-state index < -0.39 is 0 Å². The maximum absolute atomic E-state index is 11.0. The van der Waals surface area contributed by atoms with Gasteiger partial charge in [0.25, 0.3) is 0 Å². The van der Waals surface area contributed by atoms with Crippen molar-refractivity contribution in [3.8, 4) is 0 Å². The van der Waals surface area contributed by atoms with Crippen LogP contribution >= 0.6 is 22.7 Å². The molecule has 0 aliphatic heterocycles. The average molecular weight is 283 g/mol. The molecule has 0 amide bonds. The van der Waals surface area contributed by atoms with Gasteiger partial charge in [-0.15, -0.1) is 22.7 Å². The molecule has 1 N–H and O–H groups in total. The van der Waals surface area contributed by atoms with Crippen LogP contribution in [0.25, 0.3) is 0 Å². The van der Waals surface area contributed by atoms with Crippen molar-refractivity contribution in [2.45, 2.75) is 19.4 Å². The molecule has 2 aromatic rings. The molecule has 0 aliphatic rings. The molecule has 96 valence electrons. The summed E-state index contributed by atoms with van der Waals surface area (Å²) >= 11 is 3.14. The van der Waals surface area contributed by atoms with Crippen LogP contribution < -0.4 is 5.32 Å². The molecular weight excluding hydrogens is 270 g/mol. The molecule has 2 aromatic heterocycles. The van der Waals surface area contributed by atoms with E-state index in [9.17, 15) is 4.79 Å². The Hall–Kier alpha value is -1.47. The van der Waals surface area contributed by atoms with E-state index in [-0.39, 0.29) is 5.97 Å². The first kappa shape index (κ1) is 13.0. The van der Waals surface area contributed by atoms with Gasteiger partial charge in [0.2, 0.25) is 0 Å². The van der Waals surface area contributed by atoms with E-state index in [0.717, 1.165) is 15.8 Å². The topological polar surface area (TPSA) is 64.1 Å². The summed E-state index contributed by atoms with van der Waals surface area (Å²) in [5.41, 5.74) is 0.909. The van der Waals surface area contributed by atoms with Crippen LogP contribution in [0.2, 0.25) is 0 Å². The van der Waals surface area contributed by atoms with Gasteiger partial charge < -0.3 is 10.1 Å². The van der Waals surface area contributed by atoms with Gasteiger partial charge in [-0.1, -0.05) is 0 Å². The number of nitrogens with one attached hydrogen (secondary N) is 1. The molecule has 2 rings (SSSR count). The van der Waals surface area contributed by atoms with Crippen molar-refractivity contribution in [1.82, 2.24) is 9.97 Å². The number of hydrogen-bond acceptors (Lipinski definition) is 7. The Kier molecular flexibility index (Phi) is 4.66. The van der Waals surface area contributed by atoms with Gasteiger partial charge in [-0.25, -0.2) is 9.97 Å². The van der Waals surface area contributed by atoms with Gasteiger partial charge in [-0.05, 0) is 0 Å². The van der Waals surface area contributed by atoms with Gasteiger partial charge in [0, 0.05) is 23.4 Å². The van der Waals surface area contributed by atoms with Crippen LogP contribution in [0.5, 0.6) is 0 Å². The largest absolute Gasteiger partial charge is 0.469 e. The third kappa shape index (κ3) is 3.78. The molecule has 7 heteroatoms. The Bertz CT molecular complexity index is 496. The predicted octanol–water partition coefficient (Wildman–Crippen LogP) is 2.32. The van der Waals surface area contributed by atoms with Crippen molar-refractivity contribution in [1.29, 1.82) is 0 Å². The Labute approximate surface area is 113 Å². The number of esters is 1. The van der Waals surface area contributed by atoms with Gasteiger partial charge in [-0.2, -0.15) is 0 Å². The number of aryl methyl sites for hydroxylation is 1. The summed E-state index contributed by atoms with van der Waals surface area (Å²) in [5, 5.41) is 8.99. The number of anilines is 1. The number of nitrogens with zero attached hydrogens (tertiary/aromatic N) is 2. The first-order chi connectivity index (χ1) is 8.78. The Morgan fingerprint density at radius 1 is 1.50 bits per heavy atom. The van der Waals surface area contributed by atoms with Crippen LogP contribution in [0, 0.1) is 0 Å². The van der Waals surface area contributed by atoms with Crippen LogP contribution in [0.1, 0.15) is 17.1 Å². The number of carbonyl (C=O) groups is 1. The second-order valence-corrected chi connectivity index (χ2v) is 5.34. The molecule has 0 bridgehead atoms. The summed E-state index contributed by atoms with van der Waals surface area (Å²) in [6, 6.07) is 0. The molecule has 0 aromatic carbocycles. The molecule has 0 radical (unpaired) electrons.